The first kappa shape index (κ1) is 11.9. The van der Waals surface area contributed by atoms with Crippen molar-refractivity contribution in [1.82, 2.24) is 0 Å². The molecule has 0 amide bonds. The highest BCUT2D eigenvalue weighted by atomic mass is 32.2. The van der Waals surface area contributed by atoms with Gasteiger partial charge in [-0.05, 0) is 25.0 Å². The van der Waals surface area contributed by atoms with Crippen molar-refractivity contribution in [2.24, 2.45) is 0 Å². The summed E-state index contributed by atoms with van der Waals surface area (Å²) >= 11 is 0. The third-order valence-electron chi connectivity index (χ3n) is 3.19. The first-order chi connectivity index (χ1) is 7.88. The van der Waals surface area contributed by atoms with Gasteiger partial charge in [-0.1, -0.05) is 12.1 Å². The summed E-state index contributed by atoms with van der Waals surface area (Å²) in [4.78, 5) is 2.14. The maximum Gasteiger partial charge on any atom is 0.183 e. The molecule has 0 radical (unpaired) electrons. The fourth-order valence-electron chi connectivity index (χ4n) is 2.28. The van der Waals surface area contributed by atoms with Crippen LogP contribution in [0, 0.1) is 25.2 Å². The molecule has 17 heavy (non-hydrogen) atoms. The third kappa shape index (κ3) is 1.69. The van der Waals surface area contributed by atoms with Gasteiger partial charge in [0.05, 0.1) is 22.4 Å². The number of rotatable bonds is 0. The zero-order chi connectivity index (χ0) is 12.8. The second-order valence-electron chi connectivity index (χ2n) is 4.41. The highest BCUT2D eigenvalue weighted by Gasteiger charge is 2.36. The van der Waals surface area contributed by atoms with E-state index in [1.54, 1.807) is 18.9 Å². The Balaban J connectivity index is 2.82. The molecule has 0 saturated heterocycles. The Labute approximate surface area is 101 Å². The van der Waals surface area contributed by atoms with Crippen molar-refractivity contribution in [2.75, 3.05) is 17.7 Å². The van der Waals surface area contributed by atoms with Crippen LogP contribution in [0.2, 0.25) is 0 Å². The number of nitriles is 1. The largest absolute Gasteiger partial charge is 0.357 e. The summed E-state index contributed by atoms with van der Waals surface area (Å²) in [5.74, 6) is -0.128. The zero-order valence-corrected chi connectivity index (χ0v) is 10.9. The predicted octanol–water partition coefficient (Wildman–Crippen LogP) is 1.42. The first-order valence-electron chi connectivity index (χ1n) is 5.34. The fourth-order valence-corrected chi connectivity index (χ4v) is 4.32. The Morgan fingerprint density at radius 2 is 1.94 bits per heavy atom. The number of benzene rings is 1. The number of fused-ring (bicyclic) bond motifs is 1. The molecule has 1 unspecified atom stereocenters. The minimum Gasteiger partial charge on any atom is -0.357 e. The standard InChI is InChI=1S/C12H14N2O2S/c1-8-4-5-9(2)12-11(8)14(3)10(6-13)7-17(12,15)16/h4-5,10H,7H2,1-3H3. The van der Waals surface area contributed by atoms with E-state index in [1.165, 1.54) is 0 Å². The van der Waals surface area contributed by atoms with Gasteiger partial charge < -0.3 is 4.90 Å². The normalized spacial score (nSPS) is 21.8. The van der Waals surface area contributed by atoms with Crippen LogP contribution in [0.25, 0.3) is 0 Å². The Bertz CT molecular complexity index is 614. The van der Waals surface area contributed by atoms with Gasteiger partial charge >= 0.3 is 0 Å². The van der Waals surface area contributed by atoms with Gasteiger partial charge in [-0.3, -0.25) is 0 Å². The lowest BCUT2D eigenvalue weighted by molar-refractivity contribution is 0.584. The molecule has 5 heteroatoms. The van der Waals surface area contributed by atoms with E-state index in [1.807, 2.05) is 25.1 Å². The van der Waals surface area contributed by atoms with Crippen LogP contribution in [0.15, 0.2) is 17.0 Å². The number of hydrogen-bond donors (Lipinski definition) is 0. The molecule has 0 fully saturated rings. The minimum absolute atomic E-state index is 0.128. The number of aryl methyl sites for hydroxylation is 2. The van der Waals surface area contributed by atoms with Crippen LogP contribution in [0.3, 0.4) is 0 Å². The van der Waals surface area contributed by atoms with Gasteiger partial charge in [0.25, 0.3) is 0 Å². The summed E-state index contributed by atoms with van der Waals surface area (Å²) in [6.07, 6.45) is 0. The van der Waals surface area contributed by atoms with E-state index in [4.69, 9.17) is 5.26 Å². The van der Waals surface area contributed by atoms with Gasteiger partial charge in [0.1, 0.15) is 6.04 Å². The molecule has 1 heterocycles. The minimum atomic E-state index is -3.35. The lowest BCUT2D eigenvalue weighted by atomic mass is 10.1. The van der Waals surface area contributed by atoms with E-state index in [0.29, 0.717) is 10.6 Å². The Hall–Kier alpha value is -1.54. The summed E-state index contributed by atoms with van der Waals surface area (Å²) in [5.41, 5.74) is 2.30. The number of nitrogens with zero attached hydrogens (tertiary/aromatic N) is 2. The summed E-state index contributed by atoms with van der Waals surface area (Å²) in [6, 6.07) is 5.14. The van der Waals surface area contributed by atoms with Crippen molar-refractivity contribution >= 4 is 15.5 Å². The average Bonchev–Trinajstić information content (AvgIpc) is 2.26. The molecule has 4 nitrogen and oxygen atoms in total. The zero-order valence-electron chi connectivity index (χ0n) is 10.1. The Morgan fingerprint density at radius 1 is 1.35 bits per heavy atom. The van der Waals surface area contributed by atoms with Gasteiger partial charge in [0.2, 0.25) is 0 Å². The van der Waals surface area contributed by atoms with Crippen molar-refractivity contribution in [2.45, 2.75) is 24.8 Å². The highest BCUT2D eigenvalue weighted by molar-refractivity contribution is 7.91. The van der Waals surface area contributed by atoms with Crippen LogP contribution in [-0.4, -0.2) is 27.3 Å². The van der Waals surface area contributed by atoms with E-state index in [9.17, 15) is 8.42 Å². The van der Waals surface area contributed by atoms with E-state index >= 15 is 0 Å². The molecule has 0 bridgehead atoms. The van der Waals surface area contributed by atoms with Crippen LogP contribution in [0.5, 0.6) is 0 Å². The maximum atomic E-state index is 12.2. The summed E-state index contributed by atoms with van der Waals surface area (Å²) in [7, 11) is -1.58. The van der Waals surface area contributed by atoms with Gasteiger partial charge in [0, 0.05) is 7.05 Å². The Morgan fingerprint density at radius 3 is 2.53 bits per heavy atom. The van der Waals surface area contributed by atoms with Crippen LogP contribution >= 0.6 is 0 Å². The van der Waals surface area contributed by atoms with Crippen molar-refractivity contribution in [3.63, 3.8) is 0 Å². The number of anilines is 1. The second kappa shape index (κ2) is 3.74. The van der Waals surface area contributed by atoms with Gasteiger partial charge in [-0.2, -0.15) is 5.26 Å². The summed E-state index contributed by atoms with van der Waals surface area (Å²) < 4.78 is 24.4. The molecule has 1 aliphatic rings. The molecule has 0 spiro atoms. The molecular formula is C12H14N2O2S. The van der Waals surface area contributed by atoms with Crippen LogP contribution in [0.4, 0.5) is 5.69 Å². The van der Waals surface area contributed by atoms with E-state index in [-0.39, 0.29) is 5.75 Å². The highest BCUT2D eigenvalue weighted by Crippen LogP contribution is 2.37. The smallest absolute Gasteiger partial charge is 0.183 e. The SMILES string of the molecule is Cc1ccc(C)c2c1N(C)C(C#N)CS2(=O)=O. The van der Waals surface area contributed by atoms with Gasteiger partial charge in [-0.25, -0.2) is 8.42 Å². The topological polar surface area (TPSA) is 61.2 Å². The molecule has 1 aromatic rings. The monoisotopic (exact) mass is 250 g/mol. The van der Waals surface area contributed by atoms with Crippen LogP contribution in [-0.2, 0) is 9.84 Å². The molecule has 0 N–H and O–H groups in total. The first-order valence-corrected chi connectivity index (χ1v) is 6.99. The van der Waals surface area contributed by atoms with Crippen molar-refractivity contribution in [3.05, 3.63) is 23.3 Å². The van der Waals surface area contributed by atoms with Crippen molar-refractivity contribution in [3.8, 4) is 6.07 Å². The van der Waals surface area contributed by atoms with E-state index < -0.39 is 15.9 Å². The molecule has 1 aliphatic heterocycles. The number of hydrogen-bond acceptors (Lipinski definition) is 4. The second-order valence-corrected chi connectivity index (χ2v) is 6.39. The molecule has 1 aromatic carbocycles. The van der Waals surface area contributed by atoms with Gasteiger partial charge in [-0.15, -0.1) is 0 Å². The van der Waals surface area contributed by atoms with E-state index in [0.717, 1.165) is 11.1 Å². The lowest BCUT2D eigenvalue weighted by Gasteiger charge is -2.33. The molecule has 0 aromatic heterocycles. The fraction of sp³-hybridized carbons (Fsp3) is 0.417. The Kier molecular flexibility index (Phi) is 2.63. The predicted molar refractivity (Wildman–Crippen MR) is 65.8 cm³/mol. The van der Waals surface area contributed by atoms with Crippen molar-refractivity contribution < 1.29 is 8.42 Å². The summed E-state index contributed by atoms with van der Waals surface area (Å²) in [5, 5.41) is 9.02. The van der Waals surface area contributed by atoms with E-state index in [2.05, 4.69) is 0 Å². The molecule has 1 atom stereocenters. The molecule has 0 aliphatic carbocycles. The summed E-state index contributed by atoms with van der Waals surface area (Å²) in [6.45, 7) is 3.65. The molecule has 90 valence electrons. The third-order valence-corrected chi connectivity index (χ3v) is 5.08. The van der Waals surface area contributed by atoms with Crippen LogP contribution in [0.1, 0.15) is 11.1 Å². The quantitative estimate of drug-likeness (QED) is 0.698. The van der Waals surface area contributed by atoms with Gasteiger partial charge in [0.15, 0.2) is 9.84 Å². The average molecular weight is 250 g/mol. The molecular weight excluding hydrogens is 236 g/mol. The lowest BCUT2D eigenvalue weighted by Crippen LogP contribution is -2.42. The molecule has 0 saturated carbocycles. The number of sulfone groups is 1. The van der Waals surface area contributed by atoms with Crippen LogP contribution < -0.4 is 4.90 Å². The maximum absolute atomic E-state index is 12.2. The van der Waals surface area contributed by atoms with Crippen molar-refractivity contribution in [1.29, 1.82) is 5.26 Å². The molecule has 2 rings (SSSR count).